The van der Waals surface area contributed by atoms with Crippen molar-refractivity contribution in [2.24, 2.45) is 0 Å². The molecule has 2 nitrogen and oxygen atoms in total. The summed E-state index contributed by atoms with van der Waals surface area (Å²) in [4.78, 5) is 11.6. The molecule has 0 saturated carbocycles. The highest BCUT2D eigenvalue weighted by Gasteiger charge is 2.11. The number of para-hydroxylation sites is 1. The van der Waals surface area contributed by atoms with Crippen molar-refractivity contribution in [3.05, 3.63) is 30.3 Å². The summed E-state index contributed by atoms with van der Waals surface area (Å²) >= 11 is 3.23. The maximum absolute atomic E-state index is 11.6. The number of benzene rings is 1. The molecule has 0 aliphatic carbocycles. The van der Waals surface area contributed by atoms with E-state index in [0.717, 1.165) is 18.5 Å². The molecule has 0 bridgehead atoms. The van der Waals surface area contributed by atoms with Crippen LogP contribution in [0.2, 0.25) is 0 Å². The first-order valence-electron chi connectivity index (χ1n) is 4.71. The summed E-state index contributed by atoms with van der Waals surface area (Å²) in [6.45, 7) is 2.07. The number of rotatable bonds is 4. The second-order valence-electron chi connectivity index (χ2n) is 3.03. The molecule has 1 radical (unpaired) electrons. The van der Waals surface area contributed by atoms with Crippen LogP contribution in [0.4, 0.5) is 5.69 Å². The highest BCUT2D eigenvalue weighted by molar-refractivity contribution is 9.10. The van der Waals surface area contributed by atoms with Gasteiger partial charge in [-0.2, -0.15) is 0 Å². The SMILES string of the molecule is CCCCC(=O)N(Br)c1[c]cccc1. The normalized spacial score (nSPS) is 9.86. The van der Waals surface area contributed by atoms with Gasteiger partial charge in [-0.3, -0.25) is 4.79 Å². The molecule has 1 aromatic carbocycles. The number of hydrogen-bond donors (Lipinski definition) is 0. The Morgan fingerprint density at radius 2 is 2.36 bits per heavy atom. The molecule has 0 aromatic heterocycles. The lowest BCUT2D eigenvalue weighted by molar-refractivity contribution is -0.117. The number of amides is 1. The van der Waals surface area contributed by atoms with Gasteiger partial charge in [-0.25, -0.2) is 3.93 Å². The number of halogens is 1. The summed E-state index contributed by atoms with van der Waals surface area (Å²) < 4.78 is 1.47. The minimum atomic E-state index is 0.0781. The molecule has 0 spiro atoms. The number of carbonyl (C=O) groups is 1. The van der Waals surface area contributed by atoms with Crippen LogP contribution in [0, 0.1) is 6.07 Å². The zero-order valence-corrected chi connectivity index (χ0v) is 9.75. The predicted octanol–water partition coefficient (Wildman–Crippen LogP) is 3.32. The summed E-state index contributed by atoms with van der Waals surface area (Å²) in [6, 6.07) is 10.4. The Morgan fingerprint density at radius 3 is 2.93 bits per heavy atom. The summed E-state index contributed by atoms with van der Waals surface area (Å²) in [5.74, 6) is 0.0781. The number of anilines is 1. The first kappa shape index (κ1) is 11.2. The summed E-state index contributed by atoms with van der Waals surface area (Å²) in [6.07, 6.45) is 2.53. The predicted molar refractivity (Wildman–Crippen MR) is 61.2 cm³/mol. The smallest absolute Gasteiger partial charge is 0.237 e. The fourth-order valence-corrected chi connectivity index (χ4v) is 1.46. The van der Waals surface area contributed by atoms with E-state index in [1.807, 2.05) is 18.2 Å². The van der Waals surface area contributed by atoms with Gasteiger partial charge in [0.25, 0.3) is 0 Å². The Labute approximate surface area is 93.3 Å². The van der Waals surface area contributed by atoms with Crippen molar-refractivity contribution < 1.29 is 4.79 Å². The van der Waals surface area contributed by atoms with Crippen LogP contribution >= 0.6 is 16.1 Å². The van der Waals surface area contributed by atoms with E-state index in [-0.39, 0.29) is 5.91 Å². The van der Waals surface area contributed by atoms with E-state index in [9.17, 15) is 4.79 Å². The van der Waals surface area contributed by atoms with Gasteiger partial charge in [0.2, 0.25) is 5.91 Å². The number of unbranched alkanes of at least 4 members (excludes halogenated alkanes) is 1. The summed E-state index contributed by atoms with van der Waals surface area (Å²) in [5, 5.41) is 0. The molecular weight excluding hydrogens is 242 g/mol. The molecule has 0 atom stereocenters. The van der Waals surface area contributed by atoms with Gasteiger partial charge in [0.1, 0.15) is 0 Å². The lowest BCUT2D eigenvalue weighted by Crippen LogP contribution is -2.19. The second kappa shape index (κ2) is 5.81. The molecule has 1 aromatic rings. The van der Waals surface area contributed by atoms with Crippen molar-refractivity contribution in [1.29, 1.82) is 0 Å². The maximum Gasteiger partial charge on any atom is 0.237 e. The third-order valence-electron chi connectivity index (χ3n) is 1.87. The molecule has 14 heavy (non-hydrogen) atoms. The molecular formula is C11H13BrNO. The van der Waals surface area contributed by atoms with E-state index < -0.39 is 0 Å². The summed E-state index contributed by atoms with van der Waals surface area (Å²) in [5.41, 5.74) is 0.758. The van der Waals surface area contributed by atoms with Crippen molar-refractivity contribution in [1.82, 2.24) is 0 Å². The third-order valence-corrected chi connectivity index (χ3v) is 2.64. The Kier molecular flexibility index (Phi) is 4.66. The van der Waals surface area contributed by atoms with Crippen LogP contribution in [0.3, 0.4) is 0 Å². The minimum Gasteiger partial charge on any atom is -0.274 e. The molecule has 0 saturated heterocycles. The third kappa shape index (κ3) is 3.14. The monoisotopic (exact) mass is 254 g/mol. The molecule has 1 amide bonds. The summed E-state index contributed by atoms with van der Waals surface area (Å²) in [7, 11) is 0. The number of nitrogens with zero attached hydrogens (tertiary/aromatic N) is 1. The maximum atomic E-state index is 11.6. The fourth-order valence-electron chi connectivity index (χ4n) is 1.07. The van der Waals surface area contributed by atoms with Gasteiger partial charge in [0.05, 0.1) is 21.8 Å². The van der Waals surface area contributed by atoms with Crippen molar-refractivity contribution in [3.8, 4) is 0 Å². The van der Waals surface area contributed by atoms with Gasteiger partial charge in [-0.1, -0.05) is 31.5 Å². The molecule has 0 fully saturated rings. The van der Waals surface area contributed by atoms with Crippen molar-refractivity contribution in [2.75, 3.05) is 3.93 Å². The standard InChI is InChI=1S/C11H13BrNO/c1-2-3-9-11(14)13(12)10-7-5-4-6-8-10/h4-7H,2-3,9H2,1H3. The zero-order chi connectivity index (χ0) is 10.4. The second-order valence-corrected chi connectivity index (χ2v) is 3.74. The molecule has 75 valence electrons. The Bertz CT molecular complexity index is 287. The van der Waals surface area contributed by atoms with Crippen LogP contribution in [0.15, 0.2) is 24.3 Å². The number of hydrogen-bond acceptors (Lipinski definition) is 1. The van der Waals surface area contributed by atoms with E-state index in [1.54, 1.807) is 6.07 Å². The van der Waals surface area contributed by atoms with Gasteiger partial charge >= 0.3 is 0 Å². The molecule has 0 aliphatic rings. The topological polar surface area (TPSA) is 20.3 Å². The van der Waals surface area contributed by atoms with Crippen LogP contribution in [0.5, 0.6) is 0 Å². The zero-order valence-electron chi connectivity index (χ0n) is 8.16. The van der Waals surface area contributed by atoms with Gasteiger partial charge in [-0.15, -0.1) is 0 Å². The van der Waals surface area contributed by atoms with Crippen molar-refractivity contribution in [2.45, 2.75) is 26.2 Å². The van der Waals surface area contributed by atoms with E-state index in [0.29, 0.717) is 6.42 Å². The van der Waals surface area contributed by atoms with E-state index in [1.165, 1.54) is 3.93 Å². The molecule has 0 unspecified atom stereocenters. The molecule has 0 N–H and O–H groups in total. The first-order chi connectivity index (χ1) is 6.75. The Morgan fingerprint density at radius 1 is 1.57 bits per heavy atom. The molecule has 1 rings (SSSR count). The largest absolute Gasteiger partial charge is 0.274 e. The average molecular weight is 255 g/mol. The molecule has 0 heterocycles. The highest BCUT2D eigenvalue weighted by Crippen LogP contribution is 2.18. The highest BCUT2D eigenvalue weighted by atomic mass is 79.9. The average Bonchev–Trinajstić information content (AvgIpc) is 2.26. The van der Waals surface area contributed by atoms with Crippen LogP contribution in [0.1, 0.15) is 26.2 Å². The fraction of sp³-hybridized carbons (Fsp3) is 0.364. The van der Waals surface area contributed by atoms with Crippen molar-refractivity contribution in [3.63, 3.8) is 0 Å². The van der Waals surface area contributed by atoms with Crippen LogP contribution in [-0.4, -0.2) is 5.91 Å². The van der Waals surface area contributed by atoms with Gasteiger partial charge in [0, 0.05) is 12.5 Å². The van der Waals surface area contributed by atoms with E-state index in [4.69, 9.17) is 0 Å². The van der Waals surface area contributed by atoms with E-state index >= 15 is 0 Å². The minimum absolute atomic E-state index is 0.0781. The van der Waals surface area contributed by atoms with Crippen LogP contribution in [0.25, 0.3) is 0 Å². The van der Waals surface area contributed by atoms with Gasteiger partial charge in [-0.05, 0) is 12.5 Å². The van der Waals surface area contributed by atoms with Crippen LogP contribution in [-0.2, 0) is 4.79 Å². The first-order valence-corrected chi connectivity index (χ1v) is 5.42. The van der Waals surface area contributed by atoms with Gasteiger partial charge < -0.3 is 0 Å². The molecule has 3 heteroatoms. The lowest BCUT2D eigenvalue weighted by Gasteiger charge is -2.13. The van der Waals surface area contributed by atoms with E-state index in [2.05, 4.69) is 29.1 Å². The van der Waals surface area contributed by atoms with Crippen molar-refractivity contribution >= 4 is 27.7 Å². The molecule has 0 aliphatic heterocycles. The Balaban J connectivity index is 2.57. The van der Waals surface area contributed by atoms with Gasteiger partial charge in [0.15, 0.2) is 0 Å². The number of carbonyl (C=O) groups excluding carboxylic acids is 1. The van der Waals surface area contributed by atoms with Crippen LogP contribution < -0.4 is 3.93 Å². The quantitative estimate of drug-likeness (QED) is 0.756. The Hall–Kier alpha value is -0.830. The lowest BCUT2D eigenvalue weighted by atomic mass is 10.2.